The molecule has 5 heteroatoms. The van der Waals surface area contributed by atoms with Gasteiger partial charge in [0.05, 0.1) is 19.8 Å². The van der Waals surface area contributed by atoms with Gasteiger partial charge >= 0.3 is 0 Å². The molecule has 2 fully saturated rings. The maximum atomic E-state index is 6.06. The van der Waals surface area contributed by atoms with Crippen LogP contribution in [0.2, 0.25) is 0 Å². The van der Waals surface area contributed by atoms with Crippen molar-refractivity contribution in [2.45, 2.75) is 45.2 Å². The number of nitrogens with zero attached hydrogens (tertiary/aromatic N) is 3. The van der Waals surface area contributed by atoms with Gasteiger partial charge in [-0.2, -0.15) is 0 Å². The second-order valence-corrected chi connectivity index (χ2v) is 5.73. The molecule has 19 heavy (non-hydrogen) atoms. The van der Waals surface area contributed by atoms with Crippen molar-refractivity contribution in [1.82, 2.24) is 9.80 Å². The summed E-state index contributed by atoms with van der Waals surface area (Å²) in [7, 11) is 0. The Hall–Kier alpha value is -0.810. The highest BCUT2D eigenvalue weighted by atomic mass is 16.5. The predicted molar refractivity (Wildman–Crippen MR) is 78.4 cm³/mol. The highest BCUT2D eigenvalue weighted by molar-refractivity contribution is 5.78. The molecule has 5 nitrogen and oxygen atoms in total. The van der Waals surface area contributed by atoms with Crippen LogP contribution in [0.3, 0.4) is 0 Å². The van der Waals surface area contributed by atoms with E-state index in [9.17, 15) is 0 Å². The molecule has 0 bridgehead atoms. The third kappa shape index (κ3) is 4.08. The minimum absolute atomic E-state index is 0.481. The summed E-state index contributed by atoms with van der Waals surface area (Å²) in [6.45, 7) is 9.84. The zero-order valence-corrected chi connectivity index (χ0v) is 12.3. The van der Waals surface area contributed by atoms with Crippen LogP contribution in [-0.4, -0.2) is 67.2 Å². The summed E-state index contributed by atoms with van der Waals surface area (Å²) < 4.78 is 5.32. The van der Waals surface area contributed by atoms with Crippen molar-refractivity contribution in [2.24, 2.45) is 10.7 Å². The molecule has 0 aliphatic carbocycles. The lowest BCUT2D eigenvalue weighted by Gasteiger charge is -2.37. The quantitative estimate of drug-likeness (QED) is 0.610. The SMILES string of the molecule is CC1CCCCN1C(C)CN=C(N)N1CCOCC1. The fraction of sp³-hybridized carbons (Fsp3) is 0.929. The van der Waals surface area contributed by atoms with Crippen molar-refractivity contribution in [3.63, 3.8) is 0 Å². The molecule has 110 valence electrons. The third-order valence-electron chi connectivity index (χ3n) is 4.27. The van der Waals surface area contributed by atoms with E-state index < -0.39 is 0 Å². The molecule has 2 atom stereocenters. The highest BCUT2D eigenvalue weighted by Crippen LogP contribution is 2.19. The monoisotopic (exact) mass is 268 g/mol. The van der Waals surface area contributed by atoms with Gasteiger partial charge in [0.15, 0.2) is 5.96 Å². The number of morpholine rings is 1. The van der Waals surface area contributed by atoms with E-state index in [0.717, 1.165) is 32.8 Å². The number of hydrogen-bond acceptors (Lipinski definition) is 3. The molecule has 0 aromatic heterocycles. The molecule has 2 aliphatic rings. The average Bonchev–Trinajstić information content (AvgIpc) is 2.46. The molecule has 0 saturated carbocycles. The number of hydrogen-bond donors (Lipinski definition) is 1. The summed E-state index contributed by atoms with van der Waals surface area (Å²) in [4.78, 5) is 9.27. The summed E-state index contributed by atoms with van der Waals surface area (Å²) in [5.74, 6) is 0.680. The van der Waals surface area contributed by atoms with Crippen LogP contribution in [-0.2, 0) is 4.74 Å². The molecule has 0 aromatic carbocycles. The number of rotatable bonds is 3. The van der Waals surface area contributed by atoms with Crippen molar-refractivity contribution in [2.75, 3.05) is 39.4 Å². The Kier molecular flexibility index (Phi) is 5.45. The van der Waals surface area contributed by atoms with Gasteiger partial charge < -0.3 is 15.4 Å². The molecular weight excluding hydrogens is 240 g/mol. The number of piperidine rings is 1. The van der Waals surface area contributed by atoms with Crippen LogP contribution >= 0.6 is 0 Å². The molecule has 2 rings (SSSR count). The second kappa shape index (κ2) is 7.10. The fourth-order valence-electron chi connectivity index (χ4n) is 3.00. The Morgan fingerprint density at radius 2 is 2.05 bits per heavy atom. The number of aliphatic imine (C=N–C) groups is 1. The summed E-state index contributed by atoms with van der Waals surface area (Å²) in [6.07, 6.45) is 3.99. The smallest absolute Gasteiger partial charge is 0.191 e. The summed E-state index contributed by atoms with van der Waals surface area (Å²) in [5.41, 5.74) is 6.06. The van der Waals surface area contributed by atoms with Crippen LogP contribution < -0.4 is 5.73 Å². The van der Waals surface area contributed by atoms with E-state index in [2.05, 4.69) is 28.6 Å². The zero-order valence-electron chi connectivity index (χ0n) is 12.3. The van der Waals surface area contributed by atoms with E-state index in [-0.39, 0.29) is 0 Å². The Morgan fingerprint density at radius 3 is 2.74 bits per heavy atom. The van der Waals surface area contributed by atoms with E-state index in [4.69, 9.17) is 10.5 Å². The van der Waals surface area contributed by atoms with E-state index in [1.165, 1.54) is 25.8 Å². The van der Waals surface area contributed by atoms with Gasteiger partial charge in [-0.1, -0.05) is 6.42 Å². The Morgan fingerprint density at radius 1 is 1.32 bits per heavy atom. The fourth-order valence-corrected chi connectivity index (χ4v) is 3.00. The zero-order chi connectivity index (χ0) is 13.7. The van der Waals surface area contributed by atoms with E-state index in [0.29, 0.717) is 18.0 Å². The lowest BCUT2D eigenvalue weighted by atomic mass is 10.0. The first-order chi connectivity index (χ1) is 9.18. The minimum atomic E-state index is 0.481. The topological polar surface area (TPSA) is 54.1 Å². The van der Waals surface area contributed by atoms with Gasteiger partial charge in [0, 0.05) is 25.2 Å². The molecule has 2 heterocycles. The molecule has 2 unspecified atom stereocenters. The standard InChI is InChI=1S/C14H28N4O/c1-12-5-3-4-6-18(12)13(2)11-16-14(15)17-7-9-19-10-8-17/h12-13H,3-11H2,1-2H3,(H2,15,16). The maximum Gasteiger partial charge on any atom is 0.191 e. The van der Waals surface area contributed by atoms with Crippen LogP contribution in [0, 0.1) is 0 Å². The van der Waals surface area contributed by atoms with Crippen molar-refractivity contribution in [3.8, 4) is 0 Å². The lowest BCUT2D eigenvalue weighted by Crippen LogP contribution is -2.47. The van der Waals surface area contributed by atoms with Crippen LogP contribution in [0.25, 0.3) is 0 Å². The van der Waals surface area contributed by atoms with Gasteiger partial charge in [-0.25, -0.2) is 0 Å². The van der Waals surface area contributed by atoms with Gasteiger partial charge in [0.1, 0.15) is 0 Å². The molecule has 0 radical (unpaired) electrons. The average molecular weight is 268 g/mol. The van der Waals surface area contributed by atoms with Crippen molar-refractivity contribution in [1.29, 1.82) is 0 Å². The molecule has 0 amide bonds. The molecule has 0 aromatic rings. The molecule has 2 aliphatic heterocycles. The van der Waals surface area contributed by atoms with Gasteiger partial charge in [-0.3, -0.25) is 9.89 Å². The highest BCUT2D eigenvalue weighted by Gasteiger charge is 2.23. The normalized spacial score (nSPS) is 28.4. The second-order valence-electron chi connectivity index (χ2n) is 5.73. The van der Waals surface area contributed by atoms with Crippen LogP contribution in [0.15, 0.2) is 4.99 Å². The molecule has 2 saturated heterocycles. The predicted octanol–water partition coefficient (Wildman–Crippen LogP) is 0.896. The van der Waals surface area contributed by atoms with E-state index >= 15 is 0 Å². The summed E-state index contributed by atoms with van der Waals surface area (Å²) in [6, 6.07) is 1.17. The Balaban J connectivity index is 1.82. The van der Waals surface area contributed by atoms with Gasteiger partial charge in [0.25, 0.3) is 0 Å². The van der Waals surface area contributed by atoms with Crippen molar-refractivity contribution in [3.05, 3.63) is 0 Å². The number of guanidine groups is 1. The van der Waals surface area contributed by atoms with E-state index in [1.807, 2.05) is 0 Å². The number of likely N-dealkylation sites (tertiary alicyclic amines) is 1. The van der Waals surface area contributed by atoms with Crippen LogP contribution in [0.1, 0.15) is 33.1 Å². The first-order valence-electron chi connectivity index (χ1n) is 7.57. The van der Waals surface area contributed by atoms with Crippen molar-refractivity contribution < 1.29 is 4.74 Å². The van der Waals surface area contributed by atoms with Gasteiger partial charge in [0.2, 0.25) is 0 Å². The molecule has 2 N–H and O–H groups in total. The van der Waals surface area contributed by atoms with Crippen LogP contribution in [0.5, 0.6) is 0 Å². The largest absolute Gasteiger partial charge is 0.378 e. The van der Waals surface area contributed by atoms with Crippen LogP contribution in [0.4, 0.5) is 0 Å². The first-order valence-corrected chi connectivity index (χ1v) is 7.57. The number of nitrogens with two attached hydrogens (primary N) is 1. The van der Waals surface area contributed by atoms with Gasteiger partial charge in [-0.05, 0) is 33.2 Å². The Labute approximate surface area is 116 Å². The number of ether oxygens (including phenoxy) is 1. The molecular formula is C14H28N4O. The first kappa shape index (κ1) is 14.6. The molecule has 0 spiro atoms. The third-order valence-corrected chi connectivity index (χ3v) is 4.27. The maximum absolute atomic E-state index is 6.06. The summed E-state index contributed by atoms with van der Waals surface area (Å²) >= 11 is 0. The minimum Gasteiger partial charge on any atom is -0.378 e. The summed E-state index contributed by atoms with van der Waals surface area (Å²) in [5, 5.41) is 0. The van der Waals surface area contributed by atoms with E-state index in [1.54, 1.807) is 0 Å². The Bertz CT molecular complexity index is 302. The lowest BCUT2D eigenvalue weighted by molar-refractivity contribution is 0.0672. The van der Waals surface area contributed by atoms with Crippen molar-refractivity contribution >= 4 is 5.96 Å². The van der Waals surface area contributed by atoms with Gasteiger partial charge in [-0.15, -0.1) is 0 Å².